The molecule has 0 atom stereocenters. The van der Waals surface area contributed by atoms with Gasteiger partial charge in [0.25, 0.3) is 0 Å². The molecule has 0 heterocycles. The van der Waals surface area contributed by atoms with Gasteiger partial charge >= 0.3 is 11.9 Å². The molecule has 1 aliphatic carbocycles. The van der Waals surface area contributed by atoms with Crippen molar-refractivity contribution in [2.45, 2.75) is 31.3 Å². The summed E-state index contributed by atoms with van der Waals surface area (Å²) in [5, 5.41) is 0. The van der Waals surface area contributed by atoms with E-state index in [1.165, 1.54) is 0 Å². The van der Waals surface area contributed by atoms with Crippen LogP contribution in [-0.2, 0) is 19.7 Å². The van der Waals surface area contributed by atoms with Crippen LogP contribution in [0.3, 0.4) is 0 Å². The highest BCUT2D eigenvalue weighted by Crippen LogP contribution is 2.51. The van der Waals surface area contributed by atoms with Gasteiger partial charge in [-0.25, -0.2) is 13.6 Å². The Morgan fingerprint density at radius 2 is 1.47 bits per heavy atom. The minimum Gasteiger partial charge on any atom is -0.462 e. The van der Waals surface area contributed by atoms with Gasteiger partial charge in [-0.3, -0.25) is 4.79 Å². The molecule has 0 spiro atoms. The summed E-state index contributed by atoms with van der Waals surface area (Å²) in [7, 11) is 0. The van der Waals surface area contributed by atoms with E-state index < -0.39 is 40.7 Å². The maximum atomic E-state index is 14.9. The van der Waals surface area contributed by atoms with E-state index in [2.05, 4.69) is 0 Å². The molecule has 164 valence electrons. The van der Waals surface area contributed by atoms with E-state index in [1.807, 2.05) is 60.7 Å². The second kappa shape index (κ2) is 8.91. The van der Waals surface area contributed by atoms with Crippen molar-refractivity contribution in [3.63, 3.8) is 0 Å². The first-order chi connectivity index (χ1) is 15.5. The van der Waals surface area contributed by atoms with Crippen LogP contribution >= 0.6 is 0 Å². The van der Waals surface area contributed by atoms with Crippen LogP contribution in [0.1, 0.15) is 52.9 Å². The number of carbonyl (C=O) groups is 2. The zero-order chi connectivity index (χ0) is 22.7. The highest BCUT2D eigenvalue weighted by molar-refractivity contribution is 5.91. The zero-order valence-electron chi connectivity index (χ0n) is 17.5. The van der Waals surface area contributed by atoms with Crippen molar-refractivity contribution in [3.05, 3.63) is 107 Å². The van der Waals surface area contributed by atoms with E-state index >= 15 is 0 Å². The van der Waals surface area contributed by atoms with Gasteiger partial charge in [0.15, 0.2) is 6.10 Å². The average molecular weight is 436 g/mol. The Kier molecular flexibility index (Phi) is 6.04. The molecule has 1 fully saturated rings. The number of rotatable bonds is 7. The van der Waals surface area contributed by atoms with Gasteiger partial charge in [0.05, 0.1) is 17.6 Å². The van der Waals surface area contributed by atoms with Gasteiger partial charge in [-0.2, -0.15) is 0 Å². The fraction of sp³-hybridized carbons (Fsp3) is 0.231. The number of ether oxygens (including phenoxy) is 2. The normalized spacial score (nSPS) is 14.1. The molecule has 0 amide bonds. The molecule has 1 aliphatic rings. The Hall–Kier alpha value is -3.54. The summed E-state index contributed by atoms with van der Waals surface area (Å²) in [4.78, 5) is 25.1. The van der Waals surface area contributed by atoms with Gasteiger partial charge in [0.2, 0.25) is 0 Å². The van der Waals surface area contributed by atoms with Crippen LogP contribution in [-0.4, -0.2) is 18.5 Å². The Balaban J connectivity index is 1.65. The van der Waals surface area contributed by atoms with Crippen LogP contribution in [0.4, 0.5) is 8.78 Å². The summed E-state index contributed by atoms with van der Waals surface area (Å²) in [5.41, 5.74) is -0.337. The number of esters is 2. The third kappa shape index (κ3) is 4.13. The molecule has 32 heavy (non-hydrogen) atoms. The van der Waals surface area contributed by atoms with Gasteiger partial charge in [0, 0.05) is 5.56 Å². The van der Waals surface area contributed by atoms with Crippen LogP contribution in [0.15, 0.2) is 72.8 Å². The Labute approximate surface area is 184 Å². The van der Waals surface area contributed by atoms with Crippen molar-refractivity contribution in [2.24, 2.45) is 0 Å². The molecule has 0 saturated heterocycles. The molecule has 6 heteroatoms. The second-order valence-corrected chi connectivity index (χ2v) is 7.72. The van der Waals surface area contributed by atoms with Gasteiger partial charge < -0.3 is 9.47 Å². The minimum absolute atomic E-state index is 0.0399. The van der Waals surface area contributed by atoms with Crippen LogP contribution in [0.2, 0.25) is 0 Å². The van der Waals surface area contributed by atoms with Gasteiger partial charge in [0.1, 0.15) is 11.6 Å². The molecule has 0 aliphatic heterocycles. The molecule has 0 N–H and O–H groups in total. The second-order valence-electron chi connectivity index (χ2n) is 7.72. The predicted octanol–water partition coefficient (Wildman–Crippen LogP) is 5.51. The summed E-state index contributed by atoms with van der Waals surface area (Å²) in [6, 6.07) is 20.2. The maximum absolute atomic E-state index is 14.9. The fourth-order valence-corrected chi connectivity index (χ4v) is 3.79. The van der Waals surface area contributed by atoms with Crippen LogP contribution < -0.4 is 0 Å². The van der Waals surface area contributed by atoms with E-state index in [4.69, 9.17) is 9.47 Å². The molecule has 0 aromatic heterocycles. The molecule has 4 nitrogen and oxygen atoms in total. The molecule has 3 aromatic carbocycles. The number of hydrogen-bond acceptors (Lipinski definition) is 4. The zero-order valence-corrected chi connectivity index (χ0v) is 17.5. The van der Waals surface area contributed by atoms with Crippen molar-refractivity contribution < 1.29 is 27.8 Å². The smallest absolute Gasteiger partial charge is 0.341 e. The van der Waals surface area contributed by atoms with Gasteiger partial charge in [-0.15, -0.1) is 0 Å². The first-order valence-electron chi connectivity index (χ1n) is 10.4. The molecule has 4 rings (SSSR count). The van der Waals surface area contributed by atoms with Gasteiger partial charge in [-0.1, -0.05) is 60.7 Å². The Bertz CT molecular complexity index is 1090. The summed E-state index contributed by atoms with van der Waals surface area (Å²) in [6.45, 7) is 1.61. The third-order valence-corrected chi connectivity index (χ3v) is 5.64. The summed E-state index contributed by atoms with van der Waals surface area (Å²) >= 11 is 0. The van der Waals surface area contributed by atoms with E-state index in [0.29, 0.717) is 12.8 Å². The molecular formula is C26H22F2O4. The van der Waals surface area contributed by atoms with Crippen molar-refractivity contribution in [1.29, 1.82) is 0 Å². The Morgan fingerprint density at radius 3 is 1.97 bits per heavy atom. The Morgan fingerprint density at radius 1 is 0.906 bits per heavy atom. The number of benzene rings is 3. The van der Waals surface area contributed by atoms with Crippen LogP contribution in [0.25, 0.3) is 0 Å². The number of carbonyl (C=O) groups excluding carboxylic acids is 2. The van der Waals surface area contributed by atoms with E-state index in [-0.39, 0.29) is 12.2 Å². The lowest BCUT2D eigenvalue weighted by atomic mass is 9.93. The summed E-state index contributed by atoms with van der Waals surface area (Å²) in [5.74, 6) is -3.34. The third-order valence-electron chi connectivity index (χ3n) is 5.64. The maximum Gasteiger partial charge on any atom is 0.341 e. The summed E-state index contributed by atoms with van der Waals surface area (Å²) in [6.07, 6.45) is -0.0248. The lowest BCUT2D eigenvalue weighted by molar-refractivity contribution is -0.150. The molecule has 0 radical (unpaired) electrons. The molecular weight excluding hydrogens is 414 g/mol. The fourth-order valence-electron chi connectivity index (χ4n) is 3.79. The first-order valence-corrected chi connectivity index (χ1v) is 10.4. The largest absolute Gasteiger partial charge is 0.462 e. The molecule has 3 aromatic rings. The van der Waals surface area contributed by atoms with Crippen molar-refractivity contribution in [2.75, 3.05) is 6.61 Å². The predicted molar refractivity (Wildman–Crippen MR) is 114 cm³/mol. The summed E-state index contributed by atoms with van der Waals surface area (Å²) < 4.78 is 40.2. The minimum atomic E-state index is -1.28. The monoisotopic (exact) mass is 436 g/mol. The van der Waals surface area contributed by atoms with Crippen molar-refractivity contribution in [1.82, 2.24) is 0 Å². The van der Waals surface area contributed by atoms with Crippen molar-refractivity contribution >= 4 is 11.9 Å². The highest BCUT2D eigenvalue weighted by Gasteiger charge is 2.55. The first kappa shape index (κ1) is 21.7. The topological polar surface area (TPSA) is 52.6 Å². The van der Waals surface area contributed by atoms with Crippen LogP contribution in [0, 0.1) is 11.6 Å². The van der Waals surface area contributed by atoms with Crippen molar-refractivity contribution in [3.8, 4) is 0 Å². The van der Waals surface area contributed by atoms with Gasteiger partial charge in [-0.05, 0) is 43.0 Å². The number of halogens is 2. The lowest BCUT2D eigenvalue weighted by Crippen LogP contribution is -2.27. The number of hydrogen-bond donors (Lipinski definition) is 0. The SMILES string of the molecule is CCOC(=O)c1cc(F)c(C2(C(=O)OC(c3ccccc3)c3ccccc3)CC2)cc1F. The standard InChI is InChI=1S/C26H22F2O4/c1-2-31-24(29)19-15-22(28)20(16-21(19)27)26(13-14-26)25(30)32-23(17-9-5-3-6-10-17)18-11-7-4-8-12-18/h3-12,15-16,23H,2,13-14H2,1H3. The van der Waals surface area contributed by atoms with E-state index in [0.717, 1.165) is 23.3 Å². The molecule has 0 unspecified atom stereocenters. The van der Waals surface area contributed by atoms with E-state index in [1.54, 1.807) is 6.92 Å². The molecule has 0 bridgehead atoms. The lowest BCUT2D eigenvalue weighted by Gasteiger charge is -2.23. The highest BCUT2D eigenvalue weighted by atomic mass is 19.1. The average Bonchev–Trinajstić information content (AvgIpc) is 3.62. The van der Waals surface area contributed by atoms with E-state index in [9.17, 15) is 18.4 Å². The van der Waals surface area contributed by atoms with Crippen LogP contribution in [0.5, 0.6) is 0 Å². The quantitative estimate of drug-likeness (QED) is 0.459. The molecule has 1 saturated carbocycles.